The summed E-state index contributed by atoms with van der Waals surface area (Å²) in [7, 11) is 1.28. The standard InChI is InChI=1S/C24H21ClN2O5/c1-13-21(24(29)32-2)22(14-6-5-7-16(10-14)27(30)31)23-19(26-13)11-15(12-20(23)28)17-8-3-4-9-18(17)25/h3-10,15,21-22H,11-12H2,1-2H3. The van der Waals surface area contributed by atoms with Crippen molar-refractivity contribution < 1.29 is 19.2 Å². The van der Waals surface area contributed by atoms with Gasteiger partial charge in [0.2, 0.25) is 0 Å². The quantitative estimate of drug-likeness (QED) is 0.369. The Morgan fingerprint density at radius 1 is 1.19 bits per heavy atom. The molecule has 3 unspecified atom stereocenters. The smallest absolute Gasteiger partial charge is 0.315 e. The molecule has 0 saturated carbocycles. The molecule has 0 amide bonds. The molecule has 0 saturated heterocycles. The van der Waals surface area contributed by atoms with Crippen molar-refractivity contribution in [3.05, 3.63) is 86.1 Å². The van der Waals surface area contributed by atoms with Crippen LogP contribution in [0, 0.1) is 16.0 Å². The summed E-state index contributed by atoms with van der Waals surface area (Å²) in [5, 5.41) is 11.9. The number of hydrogen-bond acceptors (Lipinski definition) is 6. The molecule has 164 valence electrons. The summed E-state index contributed by atoms with van der Waals surface area (Å²) in [4.78, 5) is 41.6. The van der Waals surface area contributed by atoms with E-state index in [9.17, 15) is 19.7 Å². The van der Waals surface area contributed by atoms with Crippen molar-refractivity contribution in [3.63, 3.8) is 0 Å². The Balaban J connectivity index is 1.85. The van der Waals surface area contributed by atoms with E-state index in [1.165, 1.54) is 19.2 Å². The monoisotopic (exact) mass is 452 g/mol. The molecule has 1 aliphatic carbocycles. The third kappa shape index (κ3) is 3.84. The number of hydrogen-bond donors (Lipinski definition) is 0. The maximum absolute atomic E-state index is 13.4. The fourth-order valence-electron chi connectivity index (χ4n) is 4.71. The predicted molar refractivity (Wildman–Crippen MR) is 120 cm³/mol. The highest BCUT2D eigenvalue weighted by atomic mass is 35.5. The molecule has 0 bridgehead atoms. The minimum Gasteiger partial charge on any atom is -0.468 e. The first-order chi connectivity index (χ1) is 15.3. The maximum atomic E-state index is 13.4. The number of esters is 1. The van der Waals surface area contributed by atoms with Gasteiger partial charge in [-0.3, -0.25) is 24.7 Å². The van der Waals surface area contributed by atoms with E-state index in [1.54, 1.807) is 25.1 Å². The molecule has 2 aromatic rings. The van der Waals surface area contributed by atoms with Crippen LogP contribution in [0.1, 0.15) is 42.7 Å². The summed E-state index contributed by atoms with van der Waals surface area (Å²) in [6, 6.07) is 13.5. The van der Waals surface area contributed by atoms with Crippen LogP contribution in [0.3, 0.4) is 0 Å². The highest BCUT2D eigenvalue weighted by Gasteiger charge is 2.45. The lowest BCUT2D eigenvalue weighted by Gasteiger charge is -2.36. The van der Waals surface area contributed by atoms with Crippen molar-refractivity contribution in [1.29, 1.82) is 0 Å². The Bertz CT molecular complexity index is 1190. The normalized spacial score (nSPS) is 22.8. The van der Waals surface area contributed by atoms with Gasteiger partial charge in [0.15, 0.2) is 5.78 Å². The average Bonchev–Trinajstić information content (AvgIpc) is 2.77. The van der Waals surface area contributed by atoms with Gasteiger partial charge in [-0.1, -0.05) is 41.9 Å². The number of ketones is 1. The van der Waals surface area contributed by atoms with Gasteiger partial charge in [-0.05, 0) is 36.5 Å². The average molecular weight is 453 g/mol. The maximum Gasteiger partial charge on any atom is 0.315 e. The largest absolute Gasteiger partial charge is 0.468 e. The van der Waals surface area contributed by atoms with Gasteiger partial charge >= 0.3 is 5.97 Å². The first-order valence-corrected chi connectivity index (χ1v) is 10.6. The first-order valence-electron chi connectivity index (χ1n) is 10.2. The molecule has 2 aliphatic rings. The molecule has 0 radical (unpaired) electrons. The molecule has 0 fully saturated rings. The van der Waals surface area contributed by atoms with Crippen LogP contribution in [-0.4, -0.2) is 29.5 Å². The summed E-state index contributed by atoms with van der Waals surface area (Å²) >= 11 is 6.38. The number of non-ortho nitro benzene ring substituents is 1. The highest BCUT2D eigenvalue weighted by molar-refractivity contribution is 6.31. The number of nitro benzene ring substituents is 1. The molecule has 8 heteroatoms. The molecule has 32 heavy (non-hydrogen) atoms. The zero-order chi connectivity index (χ0) is 23.0. The predicted octanol–water partition coefficient (Wildman–Crippen LogP) is 5.00. The summed E-state index contributed by atoms with van der Waals surface area (Å²) in [6.07, 6.45) is 0.706. The Labute approximate surface area is 189 Å². The Hall–Kier alpha value is -3.32. The minimum absolute atomic E-state index is 0.106. The number of ether oxygens (including phenoxy) is 1. The number of halogens is 1. The van der Waals surface area contributed by atoms with Crippen molar-refractivity contribution in [2.24, 2.45) is 10.9 Å². The number of carbonyl (C=O) groups excluding carboxylic acids is 2. The molecular formula is C24H21ClN2O5. The van der Waals surface area contributed by atoms with E-state index >= 15 is 0 Å². The number of Topliss-reactive ketones (excluding diaryl/α,β-unsaturated/α-hetero) is 1. The van der Waals surface area contributed by atoms with Gasteiger partial charge in [0.1, 0.15) is 5.92 Å². The van der Waals surface area contributed by atoms with Crippen LogP contribution >= 0.6 is 11.6 Å². The zero-order valence-corrected chi connectivity index (χ0v) is 18.3. The number of rotatable bonds is 4. The molecule has 7 nitrogen and oxygen atoms in total. The van der Waals surface area contributed by atoms with Crippen molar-refractivity contribution in [3.8, 4) is 0 Å². The molecule has 3 atom stereocenters. The van der Waals surface area contributed by atoms with E-state index in [1.807, 2.05) is 18.2 Å². The Morgan fingerprint density at radius 3 is 2.62 bits per heavy atom. The van der Waals surface area contributed by atoms with Gasteiger partial charge in [-0.15, -0.1) is 0 Å². The number of allylic oxidation sites excluding steroid dienone is 2. The van der Waals surface area contributed by atoms with E-state index in [4.69, 9.17) is 16.3 Å². The highest BCUT2D eigenvalue weighted by Crippen LogP contribution is 2.47. The number of carbonyl (C=O) groups is 2. The molecule has 4 rings (SSSR count). The number of benzene rings is 2. The van der Waals surface area contributed by atoms with Crippen LogP contribution < -0.4 is 0 Å². The Morgan fingerprint density at radius 2 is 1.94 bits per heavy atom. The summed E-state index contributed by atoms with van der Waals surface area (Å²) in [5.74, 6) is -2.34. The number of aliphatic imine (C=N–C) groups is 1. The van der Waals surface area contributed by atoms with Crippen LogP contribution in [0.4, 0.5) is 5.69 Å². The second kappa shape index (κ2) is 8.67. The van der Waals surface area contributed by atoms with Crippen LogP contribution in [-0.2, 0) is 14.3 Å². The lowest BCUT2D eigenvalue weighted by atomic mass is 9.69. The third-order valence-electron chi connectivity index (χ3n) is 6.13. The van der Waals surface area contributed by atoms with E-state index in [2.05, 4.69) is 4.99 Å². The van der Waals surface area contributed by atoms with E-state index in [0.717, 1.165) is 5.56 Å². The Kier molecular flexibility index (Phi) is 5.93. The fraction of sp³-hybridized carbons (Fsp3) is 0.292. The molecule has 0 aromatic heterocycles. The molecule has 1 heterocycles. The van der Waals surface area contributed by atoms with Crippen LogP contribution in [0.2, 0.25) is 5.02 Å². The second-order valence-corrected chi connectivity index (χ2v) is 8.40. The van der Waals surface area contributed by atoms with Gasteiger partial charge < -0.3 is 4.74 Å². The van der Waals surface area contributed by atoms with Gasteiger partial charge in [0, 0.05) is 46.5 Å². The lowest BCUT2D eigenvalue weighted by molar-refractivity contribution is -0.384. The van der Waals surface area contributed by atoms with Crippen molar-refractivity contribution in [1.82, 2.24) is 0 Å². The second-order valence-electron chi connectivity index (χ2n) is 7.99. The first kappa shape index (κ1) is 21.9. The van der Waals surface area contributed by atoms with Crippen LogP contribution in [0.25, 0.3) is 0 Å². The third-order valence-corrected chi connectivity index (χ3v) is 6.47. The minimum atomic E-state index is -0.832. The molecule has 0 spiro atoms. The number of nitrogens with zero attached hydrogens (tertiary/aromatic N) is 2. The molecule has 1 aliphatic heterocycles. The summed E-state index contributed by atoms with van der Waals surface area (Å²) in [5.41, 5.74) is 2.82. The summed E-state index contributed by atoms with van der Waals surface area (Å²) < 4.78 is 5.01. The lowest BCUT2D eigenvalue weighted by Crippen LogP contribution is -2.37. The topological polar surface area (TPSA) is 98.9 Å². The molecule has 2 aromatic carbocycles. The van der Waals surface area contributed by atoms with E-state index in [-0.39, 0.29) is 23.8 Å². The van der Waals surface area contributed by atoms with Gasteiger partial charge in [0.25, 0.3) is 5.69 Å². The van der Waals surface area contributed by atoms with Gasteiger partial charge in [-0.25, -0.2) is 0 Å². The van der Waals surface area contributed by atoms with Crippen molar-refractivity contribution in [2.45, 2.75) is 31.6 Å². The van der Waals surface area contributed by atoms with E-state index in [0.29, 0.717) is 34.0 Å². The fourth-order valence-corrected chi connectivity index (χ4v) is 5.00. The molecular weight excluding hydrogens is 432 g/mol. The molecule has 0 N–H and O–H groups in total. The SMILES string of the molecule is COC(=O)C1C(C)=NC2=C(C(=O)CC(c3ccccc3Cl)C2)C1c1cccc([N+](=O)[O-])c1. The van der Waals surface area contributed by atoms with Crippen LogP contribution in [0.15, 0.2) is 64.8 Å². The summed E-state index contributed by atoms with van der Waals surface area (Å²) in [6.45, 7) is 1.72. The van der Waals surface area contributed by atoms with Crippen molar-refractivity contribution in [2.75, 3.05) is 7.11 Å². The number of methoxy groups -OCH3 is 1. The van der Waals surface area contributed by atoms with Gasteiger partial charge in [-0.2, -0.15) is 0 Å². The van der Waals surface area contributed by atoms with Crippen LogP contribution in [0.5, 0.6) is 0 Å². The van der Waals surface area contributed by atoms with Gasteiger partial charge in [0.05, 0.1) is 12.0 Å². The number of nitro groups is 1. The van der Waals surface area contributed by atoms with Crippen molar-refractivity contribution >= 4 is 34.8 Å². The zero-order valence-electron chi connectivity index (χ0n) is 17.6. The van der Waals surface area contributed by atoms with E-state index < -0.39 is 22.7 Å².